The highest BCUT2D eigenvalue weighted by atomic mass is 79.9. The average Bonchev–Trinajstić information content (AvgIpc) is 2.36. The third-order valence-electron chi connectivity index (χ3n) is 2.69. The van der Waals surface area contributed by atoms with Gasteiger partial charge in [0.1, 0.15) is 5.75 Å². The van der Waals surface area contributed by atoms with Crippen molar-refractivity contribution >= 4 is 27.5 Å². The summed E-state index contributed by atoms with van der Waals surface area (Å²) in [7, 11) is 1.62. The first-order chi connectivity index (χ1) is 9.05. The number of hydrogen-bond donors (Lipinski definition) is 2. The van der Waals surface area contributed by atoms with Gasteiger partial charge in [-0.25, -0.2) is 0 Å². The molecule has 0 spiro atoms. The fourth-order valence-corrected chi connectivity index (χ4v) is 2.27. The predicted molar refractivity (Wildman–Crippen MR) is 81.7 cm³/mol. The summed E-state index contributed by atoms with van der Waals surface area (Å²) in [6, 6.07) is 5.85. The highest BCUT2D eigenvalue weighted by Crippen LogP contribution is 2.24. The van der Waals surface area contributed by atoms with Crippen LogP contribution in [-0.4, -0.2) is 25.6 Å². The zero-order valence-corrected chi connectivity index (χ0v) is 13.2. The van der Waals surface area contributed by atoms with Gasteiger partial charge in [0.15, 0.2) is 0 Å². The lowest BCUT2D eigenvalue weighted by Crippen LogP contribution is -2.36. The Labute approximate surface area is 123 Å². The van der Waals surface area contributed by atoms with Crippen molar-refractivity contribution in [1.82, 2.24) is 5.32 Å². The SMILES string of the molecule is CCCC(C)NC(=O)CNc1cc(Br)cc(OC)c1. The molecule has 2 N–H and O–H groups in total. The van der Waals surface area contributed by atoms with E-state index in [2.05, 4.69) is 33.5 Å². The molecule has 0 fully saturated rings. The second kappa shape index (κ2) is 8.04. The molecule has 106 valence electrons. The smallest absolute Gasteiger partial charge is 0.239 e. The van der Waals surface area contributed by atoms with Gasteiger partial charge < -0.3 is 15.4 Å². The minimum Gasteiger partial charge on any atom is -0.497 e. The van der Waals surface area contributed by atoms with Crippen LogP contribution in [0.4, 0.5) is 5.69 Å². The molecular weight excluding hydrogens is 308 g/mol. The fraction of sp³-hybridized carbons (Fsp3) is 0.500. The van der Waals surface area contributed by atoms with Gasteiger partial charge in [-0.15, -0.1) is 0 Å². The van der Waals surface area contributed by atoms with Crippen LogP contribution >= 0.6 is 15.9 Å². The first kappa shape index (κ1) is 15.8. The standard InChI is InChI=1S/C14H21BrN2O2/c1-4-5-10(2)17-14(18)9-16-12-6-11(15)7-13(8-12)19-3/h6-8,10,16H,4-5,9H2,1-3H3,(H,17,18). The number of benzene rings is 1. The van der Waals surface area contributed by atoms with Gasteiger partial charge in [-0.05, 0) is 25.5 Å². The molecule has 0 aromatic heterocycles. The van der Waals surface area contributed by atoms with Crippen LogP contribution in [0.1, 0.15) is 26.7 Å². The van der Waals surface area contributed by atoms with Gasteiger partial charge in [0.2, 0.25) is 5.91 Å². The van der Waals surface area contributed by atoms with E-state index in [0.717, 1.165) is 28.8 Å². The maximum Gasteiger partial charge on any atom is 0.239 e. The van der Waals surface area contributed by atoms with E-state index in [4.69, 9.17) is 4.74 Å². The first-order valence-corrected chi connectivity index (χ1v) is 7.22. The van der Waals surface area contributed by atoms with Crippen molar-refractivity contribution in [2.24, 2.45) is 0 Å². The molecule has 0 radical (unpaired) electrons. The number of carbonyl (C=O) groups is 1. The number of ether oxygens (including phenoxy) is 1. The van der Waals surface area contributed by atoms with Gasteiger partial charge >= 0.3 is 0 Å². The summed E-state index contributed by atoms with van der Waals surface area (Å²) in [5.41, 5.74) is 0.851. The fourth-order valence-electron chi connectivity index (χ4n) is 1.80. The molecule has 1 aromatic carbocycles. The lowest BCUT2D eigenvalue weighted by molar-refractivity contribution is -0.120. The maximum atomic E-state index is 11.7. The van der Waals surface area contributed by atoms with Crippen molar-refractivity contribution in [3.8, 4) is 5.75 Å². The number of carbonyl (C=O) groups excluding carboxylic acids is 1. The molecule has 1 unspecified atom stereocenters. The van der Waals surface area contributed by atoms with Gasteiger partial charge in [-0.2, -0.15) is 0 Å². The Bertz CT molecular complexity index is 424. The monoisotopic (exact) mass is 328 g/mol. The van der Waals surface area contributed by atoms with Crippen LogP contribution in [-0.2, 0) is 4.79 Å². The molecule has 0 aliphatic carbocycles. The second-order valence-corrected chi connectivity index (χ2v) is 5.41. The molecule has 0 aliphatic heterocycles. The number of amides is 1. The molecule has 5 heteroatoms. The third-order valence-corrected chi connectivity index (χ3v) is 3.15. The molecule has 0 saturated carbocycles. The van der Waals surface area contributed by atoms with E-state index in [9.17, 15) is 4.79 Å². The van der Waals surface area contributed by atoms with Gasteiger partial charge in [0, 0.05) is 22.3 Å². The van der Waals surface area contributed by atoms with Crippen LogP contribution in [0.3, 0.4) is 0 Å². The molecule has 0 bridgehead atoms. The summed E-state index contributed by atoms with van der Waals surface area (Å²) in [4.78, 5) is 11.7. The number of hydrogen-bond acceptors (Lipinski definition) is 3. The number of anilines is 1. The number of methoxy groups -OCH3 is 1. The molecule has 0 heterocycles. The summed E-state index contributed by atoms with van der Waals surface area (Å²) < 4.78 is 6.08. The Hall–Kier alpha value is -1.23. The van der Waals surface area contributed by atoms with Crippen LogP contribution < -0.4 is 15.4 Å². The van der Waals surface area contributed by atoms with E-state index in [1.807, 2.05) is 25.1 Å². The lowest BCUT2D eigenvalue weighted by Gasteiger charge is -2.14. The largest absolute Gasteiger partial charge is 0.497 e. The highest BCUT2D eigenvalue weighted by Gasteiger charge is 2.06. The van der Waals surface area contributed by atoms with Crippen LogP contribution in [0.2, 0.25) is 0 Å². The van der Waals surface area contributed by atoms with E-state index < -0.39 is 0 Å². The van der Waals surface area contributed by atoms with Crippen molar-refractivity contribution in [2.45, 2.75) is 32.7 Å². The first-order valence-electron chi connectivity index (χ1n) is 6.43. The van der Waals surface area contributed by atoms with Crippen LogP contribution in [0.15, 0.2) is 22.7 Å². The second-order valence-electron chi connectivity index (χ2n) is 4.49. The Kier molecular flexibility index (Phi) is 6.70. The normalized spacial score (nSPS) is 11.8. The number of halogens is 1. The molecule has 1 atom stereocenters. The third kappa shape index (κ3) is 5.96. The number of nitrogens with one attached hydrogen (secondary N) is 2. The highest BCUT2D eigenvalue weighted by molar-refractivity contribution is 9.10. The minimum atomic E-state index is -0.0000997. The molecule has 1 rings (SSSR count). The van der Waals surface area contributed by atoms with Gasteiger partial charge in [0.05, 0.1) is 13.7 Å². The van der Waals surface area contributed by atoms with E-state index in [1.165, 1.54) is 0 Å². The van der Waals surface area contributed by atoms with Crippen LogP contribution in [0.5, 0.6) is 5.75 Å². The predicted octanol–water partition coefficient (Wildman–Crippen LogP) is 3.17. The van der Waals surface area contributed by atoms with Crippen molar-refractivity contribution < 1.29 is 9.53 Å². The van der Waals surface area contributed by atoms with Crippen molar-refractivity contribution in [1.29, 1.82) is 0 Å². The quantitative estimate of drug-likeness (QED) is 0.808. The van der Waals surface area contributed by atoms with Crippen molar-refractivity contribution in [3.05, 3.63) is 22.7 Å². The van der Waals surface area contributed by atoms with E-state index >= 15 is 0 Å². The molecule has 4 nitrogen and oxygen atoms in total. The average molecular weight is 329 g/mol. The Morgan fingerprint density at radius 3 is 2.79 bits per heavy atom. The minimum absolute atomic E-state index is 0.0000997. The summed E-state index contributed by atoms with van der Waals surface area (Å²) in [6.45, 7) is 4.38. The van der Waals surface area contributed by atoms with Crippen molar-refractivity contribution in [3.63, 3.8) is 0 Å². The topological polar surface area (TPSA) is 50.4 Å². The van der Waals surface area contributed by atoms with E-state index in [-0.39, 0.29) is 18.5 Å². The molecule has 19 heavy (non-hydrogen) atoms. The van der Waals surface area contributed by atoms with E-state index in [1.54, 1.807) is 7.11 Å². The Morgan fingerprint density at radius 2 is 2.16 bits per heavy atom. The molecular formula is C14H21BrN2O2. The summed E-state index contributed by atoms with van der Waals surface area (Å²) in [5.74, 6) is 0.747. The van der Waals surface area contributed by atoms with E-state index in [0.29, 0.717) is 0 Å². The number of rotatable bonds is 7. The molecule has 1 aromatic rings. The Morgan fingerprint density at radius 1 is 1.42 bits per heavy atom. The zero-order chi connectivity index (χ0) is 14.3. The maximum absolute atomic E-state index is 11.7. The van der Waals surface area contributed by atoms with Gasteiger partial charge in [0.25, 0.3) is 0 Å². The summed E-state index contributed by atoms with van der Waals surface area (Å²) in [6.07, 6.45) is 2.06. The molecule has 1 amide bonds. The lowest BCUT2D eigenvalue weighted by atomic mass is 10.2. The van der Waals surface area contributed by atoms with Crippen LogP contribution in [0, 0.1) is 0 Å². The zero-order valence-electron chi connectivity index (χ0n) is 11.6. The van der Waals surface area contributed by atoms with Gasteiger partial charge in [-0.1, -0.05) is 29.3 Å². The van der Waals surface area contributed by atoms with Crippen molar-refractivity contribution in [2.75, 3.05) is 19.0 Å². The summed E-state index contributed by atoms with van der Waals surface area (Å²) >= 11 is 3.40. The summed E-state index contributed by atoms with van der Waals surface area (Å²) in [5, 5.41) is 6.04. The van der Waals surface area contributed by atoms with Crippen LogP contribution in [0.25, 0.3) is 0 Å². The molecule has 0 saturated heterocycles. The Balaban J connectivity index is 2.48. The molecule has 0 aliphatic rings. The van der Waals surface area contributed by atoms with Gasteiger partial charge in [-0.3, -0.25) is 4.79 Å².